The summed E-state index contributed by atoms with van der Waals surface area (Å²) in [6.07, 6.45) is -0.133. The van der Waals surface area contributed by atoms with E-state index in [1.165, 1.54) is 17.7 Å². The minimum Gasteiger partial charge on any atom is -0.478 e. The Morgan fingerprint density at radius 1 is 1.10 bits per heavy atom. The van der Waals surface area contributed by atoms with Gasteiger partial charge < -0.3 is 20.5 Å². The van der Waals surface area contributed by atoms with Gasteiger partial charge in [0, 0.05) is 19.6 Å². The average molecular weight is 397 g/mol. The minimum atomic E-state index is -0.969. The van der Waals surface area contributed by atoms with Crippen LogP contribution >= 0.6 is 0 Å². The first kappa shape index (κ1) is 20.8. The smallest absolute Gasteiger partial charge is 0.335 e. The second-order valence-electron chi connectivity index (χ2n) is 6.96. The van der Waals surface area contributed by atoms with E-state index in [2.05, 4.69) is 34.6 Å². The molecule has 0 aliphatic carbocycles. The van der Waals surface area contributed by atoms with Gasteiger partial charge in [-0.05, 0) is 29.8 Å². The van der Waals surface area contributed by atoms with Crippen LogP contribution in [0.5, 0.6) is 0 Å². The SMILES string of the molecule is CCN1CCO[C@@H](CNC(=O)NCc2ccc(C(=O)O)cc2)[C@@H]1c1ccccc1. The molecule has 0 unspecified atom stereocenters. The second kappa shape index (κ2) is 10.0. The van der Waals surface area contributed by atoms with E-state index in [0.29, 0.717) is 19.7 Å². The van der Waals surface area contributed by atoms with Crippen LogP contribution < -0.4 is 10.6 Å². The van der Waals surface area contributed by atoms with Gasteiger partial charge in [0.1, 0.15) is 0 Å². The van der Waals surface area contributed by atoms with Crippen LogP contribution in [0, 0.1) is 0 Å². The summed E-state index contributed by atoms with van der Waals surface area (Å²) in [5.74, 6) is -0.969. The van der Waals surface area contributed by atoms with E-state index >= 15 is 0 Å². The number of hydrogen-bond acceptors (Lipinski definition) is 4. The number of aromatic carboxylic acids is 1. The van der Waals surface area contributed by atoms with Gasteiger partial charge in [-0.1, -0.05) is 49.4 Å². The lowest BCUT2D eigenvalue weighted by Gasteiger charge is -2.41. The summed E-state index contributed by atoms with van der Waals surface area (Å²) < 4.78 is 5.99. The lowest BCUT2D eigenvalue weighted by molar-refractivity contribution is -0.0681. The summed E-state index contributed by atoms with van der Waals surface area (Å²) in [5, 5.41) is 14.6. The van der Waals surface area contributed by atoms with Gasteiger partial charge in [-0.15, -0.1) is 0 Å². The molecular formula is C22H27N3O4. The third-order valence-electron chi connectivity index (χ3n) is 5.12. The lowest BCUT2D eigenvalue weighted by atomic mass is 9.98. The molecule has 2 amide bonds. The van der Waals surface area contributed by atoms with Gasteiger partial charge >= 0.3 is 12.0 Å². The number of amides is 2. The third kappa shape index (κ3) is 5.56. The summed E-state index contributed by atoms with van der Waals surface area (Å²) in [6, 6.07) is 16.5. The molecule has 0 radical (unpaired) electrons. The van der Waals surface area contributed by atoms with Crippen molar-refractivity contribution in [3.05, 3.63) is 71.3 Å². The monoisotopic (exact) mass is 397 g/mol. The molecule has 7 nitrogen and oxygen atoms in total. The first-order valence-electron chi connectivity index (χ1n) is 9.83. The first-order chi connectivity index (χ1) is 14.1. The number of carbonyl (C=O) groups is 2. The number of carboxylic acid groups (broad SMARTS) is 1. The predicted octanol–water partition coefficient (Wildman–Crippen LogP) is 2.65. The van der Waals surface area contributed by atoms with Crippen molar-refractivity contribution in [1.29, 1.82) is 0 Å². The molecule has 154 valence electrons. The maximum Gasteiger partial charge on any atom is 0.335 e. The molecule has 2 aromatic carbocycles. The van der Waals surface area contributed by atoms with Crippen LogP contribution in [0.1, 0.15) is 34.5 Å². The number of nitrogens with one attached hydrogen (secondary N) is 2. The molecule has 0 bridgehead atoms. The van der Waals surface area contributed by atoms with Crippen LogP contribution in [0.15, 0.2) is 54.6 Å². The Labute approximate surface area is 170 Å². The highest BCUT2D eigenvalue weighted by atomic mass is 16.5. The zero-order valence-electron chi connectivity index (χ0n) is 16.5. The number of carboxylic acids is 1. The standard InChI is InChI=1S/C22H27N3O4/c1-2-25-12-13-29-19(20(25)17-6-4-3-5-7-17)15-24-22(28)23-14-16-8-10-18(11-9-16)21(26)27/h3-11,19-20H,2,12-15H2,1H3,(H,26,27)(H2,23,24,28)/t19-,20-/m0/s1. The van der Waals surface area contributed by atoms with E-state index in [1.54, 1.807) is 12.1 Å². The van der Waals surface area contributed by atoms with Gasteiger partial charge in [-0.3, -0.25) is 4.90 Å². The van der Waals surface area contributed by atoms with Gasteiger partial charge in [0.2, 0.25) is 0 Å². The average Bonchev–Trinajstić information content (AvgIpc) is 2.76. The summed E-state index contributed by atoms with van der Waals surface area (Å²) in [6.45, 7) is 5.28. The second-order valence-corrected chi connectivity index (χ2v) is 6.96. The van der Waals surface area contributed by atoms with Crippen molar-refractivity contribution in [2.45, 2.75) is 25.6 Å². The van der Waals surface area contributed by atoms with Crippen molar-refractivity contribution in [2.24, 2.45) is 0 Å². The molecule has 29 heavy (non-hydrogen) atoms. The number of ether oxygens (including phenoxy) is 1. The number of benzene rings is 2. The number of nitrogens with zero attached hydrogens (tertiary/aromatic N) is 1. The van der Waals surface area contributed by atoms with Crippen LogP contribution in [0.3, 0.4) is 0 Å². The minimum absolute atomic E-state index is 0.0961. The third-order valence-corrected chi connectivity index (χ3v) is 5.12. The zero-order chi connectivity index (χ0) is 20.6. The van der Waals surface area contributed by atoms with E-state index < -0.39 is 5.97 Å². The molecule has 1 saturated heterocycles. The molecule has 3 rings (SSSR count). The number of urea groups is 1. The quantitative estimate of drug-likeness (QED) is 0.668. The number of rotatable bonds is 7. The van der Waals surface area contributed by atoms with Crippen molar-refractivity contribution in [3.63, 3.8) is 0 Å². The molecule has 0 saturated carbocycles. The molecule has 1 fully saturated rings. The Hall–Kier alpha value is -2.90. The van der Waals surface area contributed by atoms with Gasteiger partial charge in [0.25, 0.3) is 0 Å². The maximum absolute atomic E-state index is 12.2. The van der Waals surface area contributed by atoms with Crippen LogP contribution in [0.25, 0.3) is 0 Å². The van der Waals surface area contributed by atoms with E-state index in [9.17, 15) is 9.59 Å². The molecule has 2 atom stereocenters. The van der Waals surface area contributed by atoms with Crippen molar-refractivity contribution in [2.75, 3.05) is 26.2 Å². The van der Waals surface area contributed by atoms with E-state index in [1.807, 2.05) is 18.2 Å². The van der Waals surface area contributed by atoms with Gasteiger partial charge in [-0.2, -0.15) is 0 Å². The van der Waals surface area contributed by atoms with Crippen LogP contribution in [-0.2, 0) is 11.3 Å². The number of hydrogen-bond donors (Lipinski definition) is 3. The summed E-state index contributed by atoms with van der Waals surface area (Å²) in [5.41, 5.74) is 2.23. The molecular weight excluding hydrogens is 370 g/mol. The lowest BCUT2D eigenvalue weighted by Crippen LogP contribution is -2.50. The molecule has 3 N–H and O–H groups in total. The Balaban J connectivity index is 1.54. The highest BCUT2D eigenvalue weighted by molar-refractivity contribution is 5.87. The molecule has 7 heteroatoms. The molecule has 1 aliphatic rings. The molecule has 0 spiro atoms. The van der Waals surface area contributed by atoms with Crippen molar-refractivity contribution in [3.8, 4) is 0 Å². The van der Waals surface area contributed by atoms with Gasteiger partial charge in [0.15, 0.2) is 0 Å². The fourth-order valence-electron chi connectivity index (χ4n) is 3.59. The van der Waals surface area contributed by atoms with Crippen molar-refractivity contribution >= 4 is 12.0 Å². The number of likely N-dealkylation sites (N-methyl/N-ethyl adjacent to an activating group) is 1. The summed E-state index contributed by atoms with van der Waals surface area (Å²) >= 11 is 0. The van der Waals surface area contributed by atoms with Crippen molar-refractivity contribution in [1.82, 2.24) is 15.5 Å². The van der Waals surface area contributed by atoms with E-state index in [-0.39, 0.29) is 23.7 Å². The molecule has 1 heterocycles. The first-order valence-corrected chi connectivity index (χ1v) is 9.83. The fourth-order valence-corrected chi connectivity index (χ4v) is 3.59. The van der Waals surface area contributed by atoms with Crippen molar-refractivity contribution < 1.29 is 19.4 Å². The van der Waals surface area contributed by atoms with Crippen LogP contribution in [0.2, 0.25) is 0 Å². The van der Waals surface area contributed by atoms with Crippen LogP contribution in [-0.4, -0.2) is 54.4 Å². The molecule has 1 aliphatic heterocycles. The maximum atomic E-state index is 12.2. The van der Waals surface area contributed by atoms with Gasteiger partial charge in [-0.25, -0.2) is 9.59 Å². The number of carbonyl (C=O) groups excluding carboxylic acids is 1. The van der Waals surface area contributed by atoms with E-state index in [0.717, 1.165) is 18.7 Å². The van der Waals surface area contributed by atoms with Crippen LogP contribution in [0.4, 0.5) is 4.79 Å². The number of morpholine rings is 1. The largest absolute Gasteiger partial charge is 0.478 e. The predicted molar refractivity (Wildman–Crippen MR) is 110 cm³/mol. The highest BCUT2D eigenvalue weighted by Crippen LogP contribution is 2.28. The summed E-state index contributed by atoms with van der Waals surface area (Å²) in [7, 11) is 0. The highest BCUT2D eigenvalue weighted by Gasteiger charge is 2.32. The Morgan fingerprint density at radius 3 is 2.48 bits per heavy atom. The Bertz CT molecular complexity index is 811. The van der Waals surface area contributed by atoms with Gasteiger partial charge in [0.05, 0.1) is 24.3 Å². The Kier molecular flexibility index (Phi) is 7.21. The Morgan fingerprint density at radius 2 is 1.83 bits per heavy atom. The zero-order valence-corrected chi connectivity index (χ0v) is 16.5. The summed E-state index contributed by atoms with van der Waals surface area (Å²) in [4.78, 5) is 25.5. The molecule has 0 aromatic heterocycles. The fraction of sp³-hybridized carbons (Fsp3) is 0.364. The normalized spacial score (nSPS) is 19.5. The van der Waals surface area contributed by atoms with E-state index in [4.69, 9.17) is 9.84 Å². The molecule has 2 aromatic rings. The topological polar surface area (TPSA) is 90.9 Å².